The molecule has 0 radical (unpaired) electrons. The Morgan fingerprint density at radius 1 is 1.30 bits per heavy atom. The Bertz CT molecular complexity index is 236. The minimum atomic E-state index is -1.18. The van der Waals surface area contributed by atoms with Crippen LogP contribution in [0.15, 0.2) is 18.2 Å². The standard InChI is InChI=1S/C6H7O3P/c7-4-1-2-5(8)6(3-4)10-9/h1-3,7-8H,10H2. The molecular formula is C6H7O3P. The fraction of sp³-hybridized carbons (Fsp3) is 0. The molecule has 0 fully saturated rings. The summed E-state index contributed by atoms with van der Waals surface area (Å²) in [5, 5.41) is 18.1. The van der Waals surface area contributed by atoms with Gasteiger partial charge in [0.2, 0.25) is 0 Å². The summed E-state index contributed by atoms with van der Waals surface area (Å²) in [6.45, 7) is 0. The average molecular weight is 158 g/mol. The van der Waals surface area contributed by atoms with Gasteiger partial charge < -0.3 is 15.1 Å². The van der Waals surface area contributed by atoms with Crippen LogP contribution in [0.1, 0.15) is 0 Å². The number of rotatable bonds is 1. The maximum Gasteiger partial charge on any atom is 0.157 e. The van der Waals surface area contributed by atoms with E-state index in [0.717, 1.165) is 0 Å². The molecule has 0 saturated heterocycles. The first-order valence-electron chi connectivity index (χ1n) is 2.71. The van der Waals surface area contributed by atoms with Gasteiger partial charge in [-0.2, -0.15) is 0 Å². The van der Waals surface area contributed by atoms with Crippen molar-refractivity contribution in [3.05, 3.63) is 18.2 Å². The van der Waals surface area contributed by atoms with Crippen LogP contribution in [0.2, 0.25) is 0 Å². The van der Waals surface area contributed by atoms with Crippen LogP contribution in [0.25, 0.3) is 0 Å². The van der Waals surface area contributed by atoms with Crippen molar-refractivity contribution in [2.45, 2.75) is 0 Å². The molecule has 10 heavy (non-hydrogen) atoms. The molecule has 0 aliphatic rings. The van der Waals surface area contributed by atoms with Crippen molar-refractivity contribution < 1.29 is 15.1 Å². The van der Waals surface area contributed by atoms with Crippen molar-refractivity contribution in [1.29, 1.82) is 0 Å². The zero-order chi connectivity index (χ0) is 7.56. The van der Waals surface area contributed by atoms with Gasteiger partial charge in [0.15, 0.2) is 5.75 Å². The molecule has 0 aliphatic heterocycles. The van der Waals surface area contributed by atoms with E-state index in [1.54, 1.807) is 0 Å². The zero-order valence-corrected chi connectivity index (χ0v) is 6.27. The lowest BCUT2D eigenvalue weighted by Gasteiger charge is -1.99. The van der Waals surface area contributed by atoms with Gasteiger partial charge in [-0.3, -0.25) is 0 Å². The monoisotopic (exact) mass is 158 g/mol. The summed E-state index contributed by atoms with van der Waals surface area (Å²) in [7, 11) is -1.18. The highest BCUT2D eigenvalue weighted by Crippen LogP contribution is 2.17. The molecular weight excluding hydrogens is 151 g/mol. The van der Waals surface area contributed by atoms with Crippen LogP contribution in [0, 0.1) is 0 Å². The number of hydrogen-bond acceptors (Lipinski definition) is 3. The zero-order valence-electron chi connectivity index (χ0n) is 5.11. The van der Waals surface area contributed by atoms with Crippen molar-refractivity contribution in [3.8, 4) is 11.5 Å². The third-order valence-corrected chi connectivity index (χ3v) is 1.85. The second-order valence-electron chi connectivity index (χ2n) is 1.86. The second kappa shape index (κ2) is 2.86. The molecule has 2 N–H and O–H groups in total. The smallest absolute Gasteiger partial charge is 0.157 e. The van der Waals surface area contributed by atoms with Gasteiger partial charge in [-0.15, -0.1) is 0 Å². The highest BCUT2D eigenvalue weighted by Gasteiger charge is 2.01. The lowest BCUT2D eigenvalue weighted by Crippen LogP contribution is -2.00. The molecule has 0 saturated carbocycles. The van der Waals surface area contributed by atoms with Crippen molar-refractivity contribution in [2.75, 3.05) is 0 Å². The molecule has 1 aromatic rings. The SMILES string of the molecule is [O-][PH2+]c1cc(O)ccc1O. The van der Waals surface area contributed by atoms with E-state index in [9.17, 15) is 4.89 Å². The maximum atomic E-state index is 10.3. The van der Waals surface area contributed by atoms with Crippen molar-refractivity contribution in [3.63, 3.8) is 0 Å². The number of phenolic OH excluding ortho intramolecular Hbond substituents is 2. The summed E-state index contributed by atoms with van der Waals surface area (Å²) in [6, 6.07) is 3.95. The molecule has 0 heterocycles. The Kier molecular flexibility index (Phi) is 2.10. The molecule has 54 valence electrons. The van der Waals surface area contributed by atoms with Crippen molar-refractivity contribution in [1.82, 2.24) is 0 Å². The summed E-state index contributed by atoms with van der Waals surface area (Å²) >= 11 is 0. The molecule has 0 aliphatic carbocycles. The first-order valence-corrected chi connectivity index (χ1v) is 3.76. The lowest BCUT2D eigenvalue weighted by atomic mass is 10.3. The van der Waals surface area contributed by atoms with Crippen molar-refractivity contribution >= 4 is 14.1 Å². The third kappa shape index (κ3) is 1.38. The van der Waals surface area contributed by atoms with Crippen LogP contribution in [-0.4, -0.2) is 10.2 Å². The van der Waals surface area contributed by atoms with Crippen LogP contribution < -0.4 is 10.2 Å². The van der Waals surface area contributed by atoms with Gasteiger partial charge in [-0.1, -0.05) is 0 Å². The predicted molar refractivity (Wildman–Crippen MR) is 39.1 cm³/mol. The number of benzene rings is 1. The highest BCUT2D eigenvalue weighted by atomic mass is 31.1. The van der Waals surface area contributed by atoms with Gasteiger partial charge in [0, 0.05) is 6.07 Å². The van der Waals surface area contributed by atoms with Crippen LogP contribution in [0.5, 0.6) is 11.5 Å². The van der Waals surface area contributed by atoms with Gasteiger partial charge in [-0.25, -0.2) is 0 Å². The van der Waals surface area contributed by atoms with E-state index in [-0.39, 0.29) is 11.5 Å². The van der Waals surface area contributed by atoms with E-state index < -0.39 is 8.81 Å². The van der Waals surface area contributed by atoms with E-state index in [0.29, 0.717) is 5.30 Å². The fourth-order valence-corrected chi connectivity index (χ4v) is 1.09. The van der Waals surface area contributed by atoms with Crippen LogP contribution in [-0.2, 0) is 0 Å². The summed E-state index contributed by atoms with van der Waals surface area (Å²) in [5.41, 5.74) is 0. The fourth-order valence-electron chi connectivity index (χ4n) is 0.636. The third-order valence-electron chi connectivity index (χ3n) is 1.14. The van der Waals surface area contributed by atoms with E-state index >= 15 is 0 Å². The Hall–Kier alpha value is -0.790. The predicted octanol–water partition coefficient (Wildman–Crippen LogP) is -0.591. The molecule has 0 spiro atoms. The molecule has 1 aromatic carbocycles. The largest absolute Gasteiger partial charge is 0.679 e. The van der Waals surface area contributed by atoms with Crippen LogP contribution in [0.4, 0.5) is 0 Å². The summed E-state index contributed by atoms with van der Waals surface area (Å²) in [5.74, 6) is -0.000972. The van der Waals surface area contributed by atoms with E-state index in [2.05, 4.69) is 0 Å². The number of aromatic hydroxyl groups is 2. The topological polar surface area (TPSA) is 63.5 Å². The summed E-state index contributed by atoms with van der Waals surface area (Å²) < 4.78 is 0. The van der Waals surface area contributed by atoms with Gasteiger partial charge in [0.1, 0.15) is 11.1 Å². The Balaban J connectivity index is 3.09. The van der Waals surface area contributed by atoms with E-state index in [1.165, 1.54) is 18.2 Å². The quantitative estimate of drug-likeness (QED) is 0.424. The lowest BCUT2D eigenvalue weighted by molar-refractivity contribution is -0.147. The Morgan fingerprint density at radius 3 is 2.50 bits per heavy atom. The Labute approximate surface area is 59.8 Å². The molecule has 1 atom stereocenters. The molecule has 1 rings (SSSR count). The Morgan fingerprint density at radius 2 is 2.00 bits per heavy atom. The molecule has 0 amide bonds. The van der Waals surface area contributed by atoms with Gasteiger partial charge in [-0.05, 0) is 20.9 Å². The van der Waals surface area contributed by atoms with Crippen LogP contribution in [0.3, 0.4) is 0 Å². The van der Waals surface area contributed by atoms with Gasteiger partial charge >= 0.3 is 0 Å². The summed E-state index contributed by atoms with van der Waals surface area (Å²) in [6.07, 6.45) is 0. The first-order chi connectivity index (χ1) is 4.74. The molecule has 4 heteroatoms. The maximum absolute atomic E-state index is 10.3. The normalized spacial score (nSPS) is 10.9. The number of phenols is 2. The van der Waals surface area contributed by atoms with E-state index in [1.807, 2.05) is 0 Å². The molecule has 1 unspecified atom stereocenters. The van der Waals surface area contributed by atoms with Crippen LogP contribution >= 0.6 is 8.81 Å². The number of hydrogen-bond donors (Lipinski definition) is 2. The molecule has 0 bridgehead atoms. The highest BCUT2D eigenvalue weighted by molar-refractivity contribution is 7.39. The molecule has 0 aromatic heterocycles. The first kappa shape index (κ1) is 7.32. The average Bonchev–Trinajstić information content (AvgIpc) is 1.94. The van der Waals surface area contributed by atoms with Crippen molar-refractivity contribution in [2.24, 2.45) is 0 Å². The second-order valence-corrected chi connectivity index (χ2v) is 2.72. The van der Waals surface area contributed by atoms with Gasteiger partial charge in [0.25, 0.3) is 0 Å². The van der Waals surface area contributed by atoms with E-state index in [4.69, 9.17) is 10.2 Å². The minimum Gasteiger partial charge on any atom is -0.679 e. The minimum absolute atomic E-state index is 0.0242. The summed E-state index contributed by atoms with van der Waals surface area (Å²) in [4.78, 5) is 10.3. The molecule has 3 nitrogen and oxygen atoms in total. The van der Waals surface area contributed by atoms with Gasteiger partial charge in [0.05, 0.1) is 0 Å².